The molecule has 0 saturated carbocycles. The predicted molar refractivity (Wildman–Crippen MR) is 121 cm³/mol. The van der Waals surface area contributed by atoms with Crippen molar-refractivity contribution in [2.45, 2.75) is 32.7 Å². The van der Waals surface area contributed by atoms with Crippen molar-refractivity contribution in [2.24, 2.45) is 5.92 Å². The molecule has 0 atom stereocenters. The van der Waals surface area contributed by atoms with Gasteiger partial charge in [0, 0.05) is 58.2 Å². The summed E-state index contributed by atoms with van der Waals surface area (Å²) in [5, 5.41) is 0. The molecular weight excluding hydrogens is 372 g/mol. The van der Waals surface area contributed by atoms with Crippen LogP contribution >= 0.6 is 0 Å². The van der Waals surface area contributed by atoms with Crippen LogP contribution in [0.15, 0.2) is 42.7 Å². The number of piperazine rings is 1. The molecule has 5 nitrogen and oxygen atoms in total. The van der Waals surface area contributed by atoms with Gasteiger partial charge in [-0.2, -0.15) is 0 Å². The molecule has 30 heavy (non-hydrogen) atoms. The second-order valence-corrected chi connectivity index (χ2v) is 9.03. The van der Waals surface area contributed by atoms with Gasteiger partial charge in [0.15, 0.2) is 0 Å². The summed E-state index contributed by atoms with van der Waals surface area (Å²) in [6.07, 6.45) is 6.72. The Morgan fingerprint density at radius 3 is 2.30 bits per heavy atom. The molecule has 0 bridgehead atoms. The first kappa shape index (κ1) is 21.0. The first-order valence-corrected chi connectivity index (χ1v) is 11.3. The Morgan fingerprint density at radius 2 is 1.63 bits per heavy atom. The molecule has 0 radical (unpaired) electrons. The molecule has 2 aliphatic rings. The van der Waals surface area contributed by atoms with Gasteiger partial charge in [-0.25, -0.2) is 0 Å². The van der Waals surface area contributed by atoms with Crippen molar-refractivity contribution in [3.63, 3.8) is 0 Å². The number of carbonyl (C=O) groups excluding carboxylic acids is 1. The molecule has 1 aromatic carbocycles. The lowest BCUT2D eigenvalue weighted by Crippen LogP contribution is -2.43. The van der Waals surface area contributed by atoms with Gasteiger partial charge in [0.05, 0.1) is 5.56 Å². The lowest BCUT2D eigenvalue weighted by atomic mass is 9.89. The molecule has 0 aliphatic carbocycles. The molecule has 2 aliphatic heterocycles. The fraction of sp³-hybridized carbons (Fsp3) is 0.520. The summed E-state index contributed by atoms with van der Waals surface area (Å²) in [6, 6.07) is 11.1. The molecule has 0 N–H and O–H groups in total. The number of piperidine rings is 1. The first-order chi connectivity index (χ1) is 14.6. The van der Waals surface area contributed by atoms with Crippen LogP contribution in [0.1, 0.15) is 39.9 Å². The van der Waals surface area contributed by atoms with Crippen molar-refractivity contribution in [3.05, 3.63) is 65.0 Å². The highest BCUT2D eigenvalue weighted by molar-refractivity contribution is 5.95. The fourth-order valence-corrected chi connectivity index (χ4v) is 4.58. The summed E-state index contributed by atoms with van der Waals surface area (Å²) in [7, 11) is 2.20. The summed E-state index contributed by atoms with van der Waals surface area (Å²) in [5.74, 6) is 0.792. The zero-order valence-electron chi connectivity index (χ0n) is 18.4. The van der Waals surface area contributed by atoms with Crippen LogP contribution in [0.25, 0.3) is 0 Å². The molecule has 0 spiro atoms. The molecule has 1 aromatic heterocycles. The van der Waals surface area contributed by atoms with E-state index in [0.717, 1.165) is 63.1 Å². The number of carbonyl (C=O) groups is 1. The Labute approximate surface area is 180 Å². The van der Waals surface area contributed by atoms with Crippen LogP contribution in [-0.2, 0) is 13.0 Å². The molecule has 2 fully saturated rings. The first-order valence-electron chi connectivity index (χ1n) is 11.3. The van der Waals surface area contributed by atoms with E-state index in [0.29, 0.717) is 5.92 Å². The van der Waals surface area contributed by atoms with Gasteiger partial charge in [0.2, 0.25) is 0 Å². The normalized spacial score (nSPS) is 19.2. The Bertz CT molecular complexity index is 834. The Balaban J connectivity index is 1.25. The molecular formula is C25H34N4O. The molecule has 2 aromatic rings. The van der Waals surface area contributed by atoms with E-state index in [1.54, 1.807) is 12.4 Å². The van der Waals surface area contributed by atoms with E-state index in [-0.39, 0.29) is 5.91 Å². The van der Waals surface area contributed by atoms with Crippen molar-refractivity contribution in [3.8, 4) is 0 Å². The van der Waals surface area contributed by atoms with Crippen molar-refractivity contribution in [1.29, 1.82) is 0 Å². The minimum atomic E-state index is 0.132. The second kappa shape index (κ2) is 9.71. The van der Waals surface area contributed by atoms with Crippen LogP contribution in [0.2, 0.25) is 0 Å². The Hall–Kier alpha value is -2.24. The molecule has 5 heteroatoms. The van der Waals surface area contributed by atoms with Crippen LogP contribution < -0.4 is 0 Å². The van der Waals surface area contributed by atoms with Crippen LogP contribution in [-0.4, -0.2) is 71.9 Å². The van der Waals surface area contributed by atoms with E-state index < -0.39 is 0 Å². The third-order valence-corrected chi connectivity index (χ3v) is 6.72. The summed E-state index contributed by atoms with van der Waals surface area (Å²) >= 11 is 0. The van der Waals surface area contributed by atoms with Gasteiger partial charge in [-0.05, 0) is 61.9 Å². The highest BCUT2D eigenvalue weighted by Crippen LogP contribution is 2.24. The van der Waals surface area contributed by atoms with Crippen LogP contribution in [0.3, 0.4) is 0 Å². The van der Waals surface area contributed by atoms with Gasteiger partial charge in [-0.1, -0.05) is 24.3 Å². The predicted octanol–water partition coefficient (Wildman–Crippen LogP) is 3.23. The van der Waals surface area contributed by atoms with Crippen molar-refractivity contribution < 1.29 is 4.79 Å². The van der Waals surface area contributed by atoms with Gasteiger partial charge in [0.1, 0.15) is 0 Å². The molecule has 160 valence electrons. The highest BCUT2D eigenvalue weighted by atomic mass is 16.2. The minimum Gasteiger partial charge on any atom is -0.339 e. The number of hydrogen-bond acceptors (Lipinski definition) is 4. The number of likely N-dealkylation sites (N-methyl/N-ethyl adjacent to an activating group) is 1. The Kier molecular flexibility index (Phi) is 6.80. The Morgan fingerprint density at radius 1 is 0.967 bits per heavy atom. The van der Waals surface area contributed by atoms with Crippen LogP contribution in [0, 0.1) is 12.8 Å². The summed E-state index contributed by atoms with van der Waals surface area (Å²) < 4.78 is 0. The maximum Gasteiger partial charge on any atom is 0.255 e. The van der Waals surface area contributed by atoms with E-state index in [2.05, 4.69) is 46.1 Å². The number of nitrogens with zero attached hydrogens (tertiary/aromatic N) is 4. The molecule has 4 rings (SSSR count). The maximum absolute atomic E-state index is 12.8. The fourth-order valence-electron chi connectivity index (χ4n) is 4.58. The van der Waals surface area contributed by atoms with E-state index in [1.165, 1.54) is 24.2 Å². The summed E-state index contributed by atoms with van der Waals surface area (Å²) in [4.78, 5) is 23.9. The number of aromatic nitrogens is 1. The molecule has 3 heterocycles. The standard InChI is InChI=1S/C25H34N4O/c1-20-7-10-26-18-24(20)25(30)29-11-8-22(9-12-29)17-21-3-5-23(6-4-21)19-28-15-13-27(2)14-16-28/h3-7,10,18,22H,8-9,11-17,19H2,1-2H3. The van der Waals surface area contributed by atoms with E-state index in [9.17, 15) is 4.79 Å². The second-order valence-electron chi connectivity index (χ2n) is 9.03. The van der Waals surface area contributed by atoms with Gasteiger partial charge < -0.3 is 9.80 Å². The maximum atomic E-state index is 12.8. The number of hydrogen-bond donors (Lipinski definition) is 0. The van der Waals surface area contributed by atoms with Gasteiger partial charge in [0.25, 0.3) is 5.91 Å². The number of aryl methyl sites for hydroxylation is 1. The molecule has 2 saturated heterocycles. The largest absolute Gasteiger partial charge is 0.339 e. The third kappa shape index (κ3) is 5.27. The van der Waals surface area contributed by atoms with Crippen molar-refractivity contribution in [1.82, 2.24) is 19.7 Å². The third-order valence-electron chi connectivity index (χ3n) is 6.72. The zero-order chi connectivity index (χ0) is 20.9. The highest BCUT2D eigenvalue weighted by Gasteiger charge is 2.24. The van der Waals surface area contributed by atoms with Gasteiger partial charge in [-0.3, -0.25) is 14.7 Å². The van der Waals surface area contributed by atoms with Gasteiger partial charge >= 0.3 is 0 Å². The van der Waals surface area contributed by atoms with Crippen LogP contribution in [0.5, 0.6) is 0 Å². The average Bonchev–Trinajstić information content (AvgIpc) is 2.77. The SMILES string of the molecule is Cc1ccncc1C(=O)N1CCC(Cc2ccc(CN3CCN(C)CC3)cc2)CC1. The number of rotatable bonds is 5. The summed E-state index contributed by atoms with van der Waals surface area (Å²) in [5.41, 5.74) is 4.58. The number of benzene rings is 1. The number of amides is 1. The smallest absolute Gasteiger partial charge is 0.255 e. The number of likely N-dealkylation sites (tertiary alicyclic amines) is 1. The zero-order valence-corrected chi connectivity index (χ0v) is 18.4. The topological polar surface area (TPSA) is 39.7 Å². The average molecular weight is 407 g/mol. The van der Waals surface area contributed by atoms with Crippen molar-refractivity contribution in [2.75, 3.05) is 46.3 Å². The van der Waals surface area contributed by atoms with Crippen LogP contribution in [0.4, 0.5) is 0 Å². The minimum absolute atomic E-state index is 0.132. The quantitative estimate of drug-likeness (QED) is 0.764. The van der Waals surface area contributed by atoms with Crippen molar-refractivity contribution >= 4 is 5.91 Å². The van der Waals surface area contributed by atoms with E-state index >= 15 is 0 Å². The van der Waals surface area contributed by atoms with E-state index in [1.807, 2.05) is 17.9 Å². The van der Waals surface area contributed by atoms with Gasteiger partial charge in [-0.15, -0.1) is 0 Å². The lowest BCUT2D eigenvalue weighted by molar-refractivity contribution is 0.0689. The molecule has 0 unspecified atom stereocenters. The monoisotopic (exact) mass is 406 g/mol. The number of pyridine rings is 1. The lowest BCUT2D eigenvalue weighted by Gasteiger charge is -2.33. The molecule has 1 amide bonds. The summed E-state index contributed by atoms with van der Waals surface area (Å²) in [6.45, 7) is 9.39. The van der Waals surface area contributed by atoms with E-state index in [4.69, 9.17) is 0 Å².